The first-order valence-corrected chi connectivity index (χ1v) is 2.93. The Morgan fingerprint density at radius 3 is 3.00 bits per heavy atom. The van der Waals surface area contributed by atoms with E-state index < -0.39 is 0 Å². The third-order valence-electron chi connectivity index (χ3n) is 1.63. The lowest BCUT2D eigenvalue weighted by Crippen LogP contribution is -2.44. The van der Waals surface area contributed by atoms with E-state index in [2.05, 4.69) is 16.0 Å². The van der Waals surface area contributed by atoms with Gasteiger partial charge in [0.1, 0.15) is 5.84 Å². The van der Waals surface area contributed by atoms with Crippen molar-refractivity contribution >= 4 is 5.84 Å². The topological polar surface area (TPSA) is 15.6 Å². The normalized spacial score (nSPS) is 24.0. The van der Waals surface area contributed by atoms with Crippen molar-refractivity contribution in [1.29, 1.82) is 0 Å². The quantitative estimate of drug-likeness (QED) is 0.444. The Balaban J connectivity index is 2.23. The Morgan fingerprint density at radius 1 is 1.62 bits per heavy atom. The van der Waals surface area contributed by atoms with Gasteiger partial charge in [0, 0.05) is 25.7 Å². The summed E-state index contributed by atoms with van der Waals surface area (Å²) in [5.41, 5.74) is 0. The van der Waals surface area contributed by atoms with Gasteiger partial charge in [-0.15, -0.1) is 0 Å². The van der Waals surface area contributed by atoms with Gasteiger partial charge in [0.25, 0.3) is 0 Å². The molecule has 0 radical (unpaired) electrons. The molecule has 0 unspecified atom stereocenters. The van der Waals surface area contributed by atoms with Gasteiger partial charge in [0.15, 0.2) is 0 Å². The third-order valence-corrected chi connectivity index (χ3v) is 1.63. The van der Waals surface area contributed by atoms with Crippen LogP contribution in [0.25, 0.3) is 0 Å². The Morgan fingerprint density at radius 2 is 2.62 bits per heavy atom. The van der Waals surface area contributed by atoms with Crippen LogP contribution < -0.4 is 0 Å². The minimum Gasteiger partial charge on any atom is -0.356 e. The summed E-state index contributed by atoms with van der Waals surface area (Å²) in [6, 6.07) is 0. The maximum absolute atomic E-state index is 4.16. The van der Waals surface area contributed by atoms with Crippen molar-refractivity contribution in [3.63, 3.8) is 0 Å². The molecule has 0 N–H and O–H groups in total. The molecule has 2 aliphatic heterocycles. The Kier molecular flexibility index (Phi) is 0.692. The summed E-state index contributed by atoms with van der Waals surface area (Å²) < 4.78 is 0. The number of amidine groups is 1. The minimum atomic E-state index is 1.08. The van der Waals surface area contributed by atoms with Gasteiger partial charge >= 0.3 is 0 Å². The van der Waals surface area contributed by atoms with Gasteiger partial charge in [-0.2, -0.15) is 0 Å². The number of fused-ring (bicyclic) bond motifs is 1. The number of nitrogens with zero attached hydrogens (tertiary/aromatic N) is 2. The number of aliphatic imine (C=N–C) groups is 1. The van der Waals surface area contributed by atoms with E-state index >= 15 is 0 Å². The average molecular weight is 108 g/mol. The van der Waals surface area contributed by atoms with Crippen molar-refractivity contribution in [2.45, 2.75) is 6.42 Å². The lowest BCUT2D eigenvalue weighted by Gasteiger charge is -2.35. The van der Waals surface area contributed by atoms with Gasteiger partial charge in [0.05, 0.1) is 0 Å². The van der Waals surface area contributed by atoms with E-state index in [0.717, 1.165) is 6.54 Å². The molecule has 0 aromatic rings. The van der Waals surface area contributed by atoms with Crippen LogP contribution in [-0.2, 0) is 0 Å². The van der Waals surface area contributed by atoms with Crippen LogP contribution in [0.2, 0.25) is 0 Å². The molecule has 0 atom stereocenters. The standard InChI is InChI=1S/C6H8N2/c1-3-7-6-2-5-8(6)4-1/h1,3H,2,4-5H2. The van der Waals surface area contributed by atoms with Crippen LogP contribution >= 0.6 is 0 Å². The molecule has 0 aromatic carbocycles. The molecule has 42 valence electrons. The zero-order valence-corrected chi connectivity index (χ0v) is 4.67. The van der Waals surface area contributed by atoms with Crippen molar-refractivity contribution < 1.29 is 0 Å². The summed E-state index contributed by atoms with van der Waals surface area (Å²) in [5.74, 6) is 1.27. The van der Waals surface area contributed by atoms with Crippen molar-refractivity contribution in [2.75, 3.05) is 13.1 Å². The van der Waals surface area contributed by atoms with Crippen LogP contribution in [0.15, 0.2) is 17.3 Å². The molecule has 2 nitrogen and oxygen atoms in total. The second-order valence-electron chi connectivity index (χ2n) is 2.13. The SMILES string of the molecule is C1=CN=C2CCN2C1. The summed E-state index contributed by atoms with van der Waals surface area (Å²) in [7, 11) is 0. The van der Waals surface area contributed by atoms with Gasteiger partial charge < -0.3 is 4.90 Å². The molecule has 1 fully saturated rings. The van der Waals surface area contributed by atoms with E-state index in [4.69, 9.17) is 0 Å². The Labute approximate surface area is 48.5 Å². The second kappa shape index (κ2) is 1.34. The van der Waals surface area contributed by atoms with Gasteiger partial charge in [-0.25, -0.2) is 4.99 Å². The average Bonchev–Trinajstić information content (AvgIpc) is 1.72. The Hall–Kier alpha value is -0.790. The summed E-state index contributed by atoms with van der Waals surface area (Å²) >= 11 is 0. The lowest BCUT2D eigenvalue weighted by atomic mass is 10.2. The molecule has 0 aromatic heterocycles. The van der Waals surface area contributed by atoms with Crippen molar-refractivity contribution in [3.8, 4) is 0 Å². The van der Waals surface area contributed by atoms with Crippen LogP contribution in [0, 0.1) is 0 Å². The molecule has 0 aliphatic carbocycles. The minimum absolute atomic E-state index is 1.08. The second-order valence-corrected chi connectivity index (χ2v) is 2.13. The fourth-order valence-corrected chi connectivity index (χ4v) is 1.03. The van der Waals surface area contributed by atoms with Crippen LogP contribution in [0.1, 0.15) is 6.42 Å². The fraction of sp³-hybridized carbons (Fsp3) is 0.500. The smallest absolute Gasteiger partial charge is 0.106 e. The molecule has 2 aliphatic rings. The van der Waals surface area contributed by atoms with Crippen LogP contribution in [0.3, 0.4) is 0 Å². The summed E-state index contributed by atoms with van der Waals surface area (Å²) in [5, 5.41) is 0. The zero-order valence-electron chi connectivity index (χ0n) is 4.67. The highest BCUT2D eigenvalue weighted by molar-refractivity contribution is 5.88. The van der Waals surface area contributed by atoms with E-state index in [9.17, 15) is 0 Å². The molecule has 1 saturated heterocycles. The Bertz CT molecular complexity index is 158. The third kappa shape index (κ3) is 0.399. The summed E-state index contributed by atoms with van der Waals surface area (Å²) in [6.45, 7) is 2.29. The van der Waals surface area contributed by atoms with E-state index in [1.54, 1.807) is 0 Å². The number of rotatable bonds is 0. The molecule has 8 heavy (non-hydrogen) atoms. The molecule has 0 bridgehead atoms. The van der Waals surface area contributed by atoms with Gasteiger partial charge in [-0.1, -0.05) is 0 Å². The highest BCUT2D eigenvalue weighted by Crippen LogP contribution is 2.13. The zero-order chi connectivity index (χ0) is 5.40. The first-order chi connectivity index (χ1) is 3.97. The first-order valence-electron chi connectivity index (χ1n) is 2.93. The van der Waals surface area contributed by atoms with Gasteiger partial charge in [-0.05, 0) is 6.08 Å². The van der Waals surface area contributed by atoms with Crippen molar-refractivity contribution in [2.24, 2.45) is 4.99 Å². The van der Waals surface area contributed by atoms with Crippen LogP contribution in [0.4, 0.5) is 0 Å². The number of hydrogen-bond acceptors (Lipinski definition) is 2. The van der Waals surface area contributed by atoms with E-state index in [1.807, 2.05) is 6.20 Å². The lowest BCUT2D eigenvalue weighted by molar-refractivity contribution is 0.389. The number of hydrogen-bond donors (Lipinski definition) is 0. The van der Waals surface area contributed by atoms with Gasteiger partial charge in [0.2, 0.25) is 0 Å². The largest absolute Gasteiger partial charge is 0.356 e. The monoisotopic (exact) mass is 108 g/mol. The molecular formula is C6H8N2. The van der Waals surface area contributed by atoms with E-state index in [1.165, 1.54) is 18.8 Å². The highest BCUT2D eigenvalue weighted by Gasteiger charge is 2.20. The molecule has 2 rings (SSSR count). The van der Waals surface area contributed by atoms with Crippen molar-refractivity contribution in [1.82, 2.24) is 4.90 Å². The van der Waals surface area contributed by atoms with Crippen molar-refractivity contribution in [3.05, 3.63) is 12.3 Å². The molecule has 2 heteroatoms. The van der Waals surface area contributed by atoms with E-state index in [-0.39, 0.29) is 0 Å². The molecule has 0 spiro atoms. The maximum Gasteiger partial charge on any atom is 0.106 e. The molecule has 0 saturated carbocycles. The van der Waals surface area contributed by atoms with Crippen LogP contribution in [-0.4, -0.2) is 23.8 Å². The highest BCUT2D eigenvalue weighted by atomic mass is 15.2. The predicted molar refractivity (Wildman–Crippen MR) is 32.8 cm³/mol. The predicted octanol–water partition coefficient (Wildman–Crippen LogP) is 0.618. The fourth-order valence-electron chi connectivity index (χ4n) is 1.03. The maximum atomic E-state index is 4.16. The van der Waals surface area contributed by atoms with Gasteiger partial charge in [-0.3, -0.25) is 0 Å². The molecule has 2 heterocycles. The molecular weight excluding hydrogens is 100 g/mol. The van der Waals surface area contributed by atoms with Crippen LogP contribution in [0.5, 0.6) is 0 Å². The molecule has 0 amide bonds. The summed E-state index contributed by atoms with van der Waals surface area (Å²) in [4.78, 5) is 6.44. The summed E-state index contributed by atoms with van der Waals surface area (Å²) in [6.07, 6.45) is 5.16. The first kappa shape index (κ1) is 4.13. The van der Waals surface area contributed by atoms with E-state index in [0.29, 0.717) is 0 Å².